The van der Waals surface area contributed by atoms with Gasteiger partial charge in [-0.25, -0.2) is 8.42 Å². The highest BCUT2D eigenvalue weighted by Crippen LogP contribution is 2.21. The molecule has 0 bridgehead atoms. The second-order valence-corrected chi connectivity index (χ2v) is 8.17. The van der Waals surface area contributed by atoms with Crippen molar-refractivity contribution in [2.45, 2.75) is 4.90 Å². The number of amides is 1. The highest BCUT2D eigenvalue weighted by atomic mass is 32.2. The lowest BCUT2D eigenvalue weighted by Gasteiger charge is -2.17. The maximum atomic E-state index is 12.8. The molecule has 3 aromatic rings. The fraction of sp³-hybridized carbons (Fsp3) is 0.105. The molecule has 3 rings (SSSR count). The van der Waals surface area contributed by atoms with E-state index in [9.17, 15) is 23.3 Å². The summed E-state index contributed by atoms with van der Waals surface area (Å²) in [6, 6.07) is 17.5. The lowest BCUT2D eigenvalue weighted by Crippen LogP contribution is -2.34. The first-order chi connectivity index (χ1) is 13.3. The van der Waals surface area contributed by atoms with Crippen molar-refractivity contribution in [3.8, 4) is 0 Å². The number of hydrogen-bond donors (Lipinski definition) is 1. The summed E-state index contributed by atoms with van der Waals surface area (Å²) in [5.41, 5.74) is 0.0469. The molecule has 0 aliphatic heterocycles. The molecule has 0 aliphatic carbocycles. The van der Waals surface area contributed by atoms with E-state index in [-0.39, 0.29) is 16.3 Å². The summed E-state index contributed by atoms with van der Waals surface area (Å²) < 4.78 is 26.5. The average Bonchev–Trinajstić information content (AvgIpc) is 2.67. The van der Waals surface area contributed by atoms with Gasteiger partial charge in [0.2, 0.25) is 15.9 Å². The zero-order valence-electron chi connectivity index (χ0n) is 14.9. The summed E-state index contributed by atoms with van der Waals surface area (Å²) in [5, 5.41) is 15.0. The Kier molecular flexibility index (Phi) is 5.39. The summed E-state index contributed by atoms with van der Waals surface area (Å²) in [6.45, 7) is -0.433. The molecular weight excluding hydrogens is 382 g/mol. The summed E-state index contributed by atoms with van der Waals surface area (Å²) in [5.74, 6) is -0.604. The highest BCUT2D eigenvalue weighted by Gasteiger charge is 2.23. The number of likely N-dealkylation sites (N-methyl/N-ethyl adjacent to an activating group) is 1. The van der Waals surface area contributed by atoms with Crippen LogP contribution in [0.5, 0.6) is 0 Å². The predicted octanol–water partition coefficient (Wildman–Crippen LogP) is 3.01. The summed E-state index contributed by atoms with van der Waals surface area (Å²) in [6.07, 6.45) is 0. The van der Waals surface area contributed by atoms with Crippen LogP contribution in [-0.2, 0) is 14.8 Å². The Balaban J connectivity index is 1.75. The molecule has 144 valence electrons. The average molecular weight is 399 g/mol. The number of non-ortho nitro benzene ring substituents is 1. The van der Waals surface area contributed by atoms with Crippen LogP contribution >= 0.6 is 0 Å². The van der Waals surface area contributed by atoms with Gasteiger partial charge in [-0.2, -0.15) is 4.31 Å². The normalized spacial score (nSPS) is 11.5. The van der Waals surface area contributed by atoms with E-state index in [1.165, 1.54) is 37.4 Å². The number of carbonyl (C=O) groups is 1. The lowest BCUT2D eigenvalue weighted by atomic mass is 10.1. The largest absolute Gasteiger partial charge is 0.325 e. The van der Waals surface area contributed by atoms with Gasteiger partial charge in [-0.15, -0.1) is 0 Å². The standard InChI is InChI=1S/C19H17N3O5S/c1-21(13-19(23)20-16-7-4-8-17(12-16)22(24)25)28(26,27)18-10-9-14-5-2-3-6-15(14)11-18/h2-12H,13H2,1H3,(H,20,23). The van der Waals surface area contributed by atoms with E-state index in [0.29, 0.717) is 0 Å². The lowest BCUT2D eigenvalue weighted by molar-refractivity contribution is -0.384. The second kappa shape index (κ2) is 7.75. The molecule has 0 unspecified atom stereocenters. The number of carbonyl (C=O) groups excluding carboxylic acids is 1. The Hall–Kier alpha value is -3.30. The zero-order chi connectivity index (χ0) is 20.3. The van der Waals surface area contributed by atoms with Crippen molar-refractivity contribution in [2.24, 2.45) is 0 Å². The molecule has 0 saturated heterocycles. The van der Waals surface area contributed by atoms with Gasteiger partial charge in [0.05, 0.1) is 16.4 Å². The molecule has 0 saturated carbocycles. The molecule has 1 amide bonds. The van der Waals surface area contributed by atoms with E-state index in [2.05, 4.69) is 5.32 Å². The van der Waals surface area contributed by atoms with Crippen molar-refractivity contribution in [1.82, 2.24) is 4.31 Å². The van der Waals surface area contributed by atoms with Crippen molar-refractivity contribution in [3.63, 3.8) is 0 Å². The minimum absolute atomic E-state index is 0.0804. The van der Waals surface area contributed by atoms with Crippen LogP contribution in [0.2, 0.25) is 0 Å². The monoisotopic (exact) mass is 399 g/mol. The van der Waals surface area contributed by atoms with Gasteiger partial charge < -0.3 is 5.32 Å². The predicted molar refractivity (Wildman–Crippen MR) is 105 cm³/mol. The number of nitro groups is 1. The van der Waals surface area contributed by atoms with Gasteiger partial charge in [0.1, 0.15) is 0 Å². The molecule has 0 aromatic heterocycles. The van der Waals surface area contributed by atoms with Crippen molar-refractivity contribution in [2.75, 3.05) is 18.9 Å². The van der Waals surface area contributed by atoms with E-state index < -0.39 is 27.4 Å². The quantitative estimate of drug-likeness (QED) is 0.506. The number of anilines is 1. The number of hydrogen-bond acceptors (Lipinski definition) is 5. The Morgan fingerprint density at radius 2 is 1.75 bits per heavy atom. The Morgan fingerprint density at radius 1 is 1.04 bits per heavy atom. The topological polar surface area (TPSA) is 110 Å². The number of fused-ring (bicyclic) bond motifs is 1. The molecule has 9 heteroatoms. The Bertz CT molecular complexity index is 1160. The van der Waals surface area contributed by atoms with E-state index in [4.69, 9.17) is 0 Å². The highest BCUT2D eigenvalue weighted by molar-refractivity contribution is 7.89. The first-order valence-electron chi connectivity index (χ1n) is 8.27. The first kappa shape index (κ1) is 19.5. The second-order valence-electron chi connectivity index (χ2n) is 6.13. The minimum atomic E-state index is -3.88. The van der Waals surface area contributed by atoms with Gasteiger partial charge >= 0.3 is 0 Å². The van der Waals surface area contributed by atoms with Crippen LogP contribution in [0, 0.1) is 10.1 Å². The molecule has 0 spiro atoms. The Labute approximate surface area is 161 Å². The maximum absolute atomic E-state index is 12.8. The van der Waals surface area contributed by atoms with Crippen molar-refractivity contribution in [3.05, 3.63) is 76.8 Å². The molecular formula is C19H17N3O5S. The minimum Gasteiger partial charge on any atom is -0.325 e. The van der Waals surface area contributed by atoms with E-state index >= 15 is 0 Å². The first-order valence-corrected chi connectivity index (χ1v) is 9.71. The number of rotatable bonds is 6. The molecule has 3 aromatic carbocycles. The maximum Gasteiger partial charge on any atom is 0.271 e. The molecule has 1 N–H and O–H groups in total. The third kappa shape index (κ3) is 4.16. The molecule has 0 atom stereocenters. The van der Waals surface area contributed by atoms with Crippen LogP contribution in [0.4, 0.5) is 11.4 Å². The van der Waals surface area contributed by atoms with Gasteiger partial charge in [0, 0.05) is 24.9 Å². The fourth-order valence-electron chi connectivity index (χ4n) is 2.69. The third-order valence-electron chi connectivity index (χ3n) is 4.14. The smallest absolute Gasteiger partial charge is 0.271 e. The number of benzene rings is 3. The van der Waals surface area contributed by atoms with Crippen LogP contribution in [0.25, 0.3) is 10.8 Å². The summed E-state index contributed by atoms with van der Waals surface area (Å²) in [4.78, 5) is 22.5. The van der Waals surface area contributed by atoms with Crippen LogP contribution in [0.1, 0.15) is 0 Å². The van der Waals surface area contributed by atoms with Gasteiger partial charge in [0.25, 0.3) is 5.69 Å². The SMILES string of the molecule is CN(CC(=O)Nc1cccc([N+](=O)[O-])c1)S(=O)(=O)c1ccc2ccccc2c1. The van der Waals surface area contributed by atoms with E-state index in [1.807, 2.05) is 24.3 Å². The molecule has 28 heavy (non-hydrogen) atoms. The number of nitrogens with one attached hydrogen (secondary N) is 1. The van der Waals surface area contributed by atoms with Crippen LogP contribution in [0.15, 0.2) is 71.6 Å². The number of nitro benzene ring substituents is 1. The van der Waals surface area contributed by atoms with Gasteiger partial charge in [-0.3, -0.25) is 14.9 Å². The van der Waals surface area contributed by atoms with Crippen molar-refractivity contribution < 1.29 is 18.1 Å². The molecule has 8 nitrogen and oxygen atoms in total. The molecule has 0 fully saturated rings. The zero-order valence-corrected chi connectivity index (χ0v) is 15.7. The van der Waals surface area contributed by atoms with Crippen LogP contribution in [0.3, 0.4) is 0 Å². The van der Waals surface area contributed by atoms with Gasteiger partial charge in [0.15, 0.2) is 0 Å². The van der Waals surface area contributed by atoms with Crippen LogP contribution in [-0.4, -0.2) is 37.1 Å². The number of nitrogens with zero attached hydrogens (tertiary/aromatic N) is 2. The molecule has 0 radical (unpaired) electrons. The molecule has 0 aliphatic rings. The Morgan fingerprint density at radius 3 is 2.46 bits per heavy atom. The van der Waals surface area contributed by atoms with Crippen molar-refractivity contribution >= 4 is 38.1 Å². The van der Waals surface area contributed by atoms with Crippen LogP contribution < -0.4 is 5.32 Å². The third-order valence-corrected chi connectivity index (χ3v) is 5.94. The summed E-state index contributed by atoms with van der Waals surface area (Å²) in [7, 11) is -2.57. The number of sulfonamides is 1. The fourth-order valence-corrected chi connectivity index (χ4v) is 3.86. The summed E-state index contributed by atoms with van der Waals surface area (Å²) >= 11 is 0. The van der Waals surface area contributed by atoms with Gasteiger partial charge in [-0.1, -0.05) is 36.4 Å². The van der Waals surface area contributed by atoms with Crippen molar-refractivity contribution in [1.29, 1.82) is 0 Å². The van der Waals surface area contributed by atoms with E-state index in [1.54, 1.807) is 12.1 Å². The van der Waals surface area contributed by atoms with Gasteiger partial charge in [-0.05, 0) is 29.0 Å². The van der Waals surface area contributed by atoms with E-state index in [0.717, 1.165) is 15.1 Å². The molecule has 0 heterocycles.